The lowest BCUT2D eigenvalue weighted by Crippen LogP contribution is -2.30. The fourth-order valence-electron chi connectivity index (χ4n) is 2.43. The van der Waals surface area contributed by atoms with E-state index in [-0.39, 0.29) is 5.41 Å². The zero-order valence-electron chi connectivity index (χ0n) is 13.2. The van der Waals surface area contributed by atoms with Crippen LogP contribution in [0.3, 0.4) is 0 Å². The number of aryl methyl sites for hydroxylation is 1. The van der Waals surface area contributed by atoms with Crippen molar-refractivity contribution in [2.45, 2.75) is 46.5 Å². The van der Waals surface area contributed by atoms with Crippen molar-refractivity contribution >= 4 is 0 Å². The molecule has 0 radical (unpaired) electrons. The number of nitrogens with two attached hydrogens (primary N) is 2. The van der Waals surface area contributed by atoms with E-state index in [1.54, 1.807) is 0 Å². The molecule has 0 saturated heterocycles. The van der Waals surface area contributed by atoms with Crippen molar-refractivity contribution < 1.29 is 0 Å². The Morgan fingerprint density at radius 1 is 1.11 bits per heavy atom. The van der Waals surface area contributed by atoms with E-state index in [1.807, 2.05) is 0 Å². The average Bonchev–Trinajstić information content (AvgIpc) is 2.32. The largest absolute Gasteiger partial charge is 0.330 e. The maximum Gasteiger partial charge on any atom is -0.00341 e. The minimum Gasteiger partial charge on any atom is -0.330 e. The second kappa shape index (κ2) is 6.53. The van der Waals surface area contributed by atoms with Crippen molar-refractivity contribution in [2.24, 2.45) is 23.3 Å². The molecule has 0 spiro atoms. The summed E-state index contributed by atoms with van der Waals surface area (Å²) in [5, 5.41) is 0. The van der Waals surface area contributed by atoms with E-state index in [0.29, 0.717) is 24.9 Å². The smallest absolute Gasteiger partial charge is 0.00341 e. The van der Waals surface area contributed by atoms with Crippen molar-refractivity contribution in [3.63, 3.8) is 0 Å². The highest BCUT2D eigenvalue weighted by Crippen LogP contribution is 2.26. The standard InChI is InChI=1S/C17H30N2/c1-12-6-7-16(17(3,4)5)9-14(12)8-13(2)15(10-18)11-19/h6-7,9,13,15H,8,10-11,18-19H2,1-5H3. The van der Waals surface area contributed by atoms with Crippen molar-refractivity contribution in [3.05, 3.63) is 34.9 Å². The van der Waals surface area contributed by atoms with Crippen LogP contribution >= 0.6 is 0 Å². The van der Waals surface area contributed by atoms with Crippen LogP contribution in [-0.2, 0) is 11.8 Å². The average molecular weight is 262 g/mol. The van der Waals surface area contributed by atoms with Crippen molar-refractivity contribution in [1.82, 2.24) is 0 Å². The van der Waals surface area contributed by atoms with Gasteiger partial charge in [0.15, 0.2) is 0 Å². The minimum absolute atomic E-state index is 0.201. The van der Waals surface area contributed by atoms with E-state index in [0.717, 1.165) is 6.42 Å². The summed E-state index contributed by atoms with van der Waals surface area (Å²) in [7, 11) is 0. The van der Waals surface area contributed by atoms with Crippen molar-refractivity contribution in [2.75, 3.05) is 13.1 Å². The van der Waals surface area contributed by atoms with Gasteiger partial charge in [0.2, 0.25) is 0 Å². The Morgan fingerprint density at radius 3 is 2.16 bits per heavy atom. The lowest BCUT2D eigenvalue weighted by molar-refractivity contribution is 0.372. The molecule has 0 aliphatic carbocycles. The first-order valence-corrected chi connectivity index (χ1v) is 7.29. The third-order valence-electron chi connectivity index (χ3n) is 4.17. The molecule has 0 aromatic heterocycles. The molecule has 0 saturated carbocycles. The van der Waals surface area contributed by atoms with Gasteiger partial charge in [0.25, 0.3) is 0 Å². The van der Waals surface area contributed by atoms with Crippen LogP contribution in [0, 0.1) is 18.8 Å². The first-order chi connectivity index (χ1) is 8.79. The van der Waals surface area contributed by atoms with E-state index in [9.17, 15) is 0 Å². The molecule has 2 nitrogen and oxygen atoms in total. The second-order valence-corrected chi connectivity index (χ2v) is 6.80. The van der Waals surface area contributed by atoms with Gasteiger partial charge < -0.3 is 11.5 Å². The molecule has 4 N–H and O–H groups in total. The normalized spacial score (nSPS) is 13.9. The van der Waals surface area contributed by atoms with Crippen LogP contribution in [0.1, 0.15) is 44.4 Å². The van der Waals surface area contributed by atoms with Crippen LogP contribution in [0.5, 0.6) is 0 Å². The van der Waals surface area contributed by atoms with Crippen LogP contribution in [0.2, 0.25) is 0 Å². The quantitative estimate of drug-likeness (QED) is 0.857. The topological polar surface area (TPSA) is 52.0 Å². The van der Waals surface area contributed by atoms with Crippen LogP contribution in [0.4, 0.5) is 0 Å². The maximum absolute atomic E-state index is 5.80. The van der Waals surface area contributed by atoms with Gasteiger partial charge in [-0.15, -0.1) is 0 Å². The Labute approximate surface area is 118 Å². The van der Waals surface area contributed by atoms with Crippen LogP contribution < -0.4 is 11.5 Å². The first kappa shape index (κ1) is 16.2. The second-order valence-electron chi connectivity index (χ2n) is 6.80. The summed E-state index contributed by atoms with van der Waals surface area (Å²) in [5.41, 5.74) is 16.0. The molecule has 1 unspecified atom stereocenters. The predicted octanol–water partition coefficient (Wildman–Crippen LogP) is 3.00. The van der Waals surface area contributed by atoms with E-state index < -0.39 is 0 Å². The van der Waals surface area contributed by atoms with E-state index in [4.69, 9.17) is 11.5 Å². The number of hydrogen-bond donors (Lipinski definition) is 2. The molecule has 0 amide bonds. The maximum atomic E-state index is 5.80. The molecule has 0 aliphatic rings. The van der Waals surface area contributed by atoms with Gasteiger partial charge in [0, 0.05) is 0 Å². The Kier molecular flexibility index (Phi) is 5.57. The molecule has 0 bridgehead atoms. The Morgan fingerprint density at radius 2 is 1.68 bits per heavy atom. The number of hydrogen-bond acceptors (Lipinski definition) is 2. The van der Waals surface area contributed by atoms with Gasteiger partial charge in [-0.25, -0.2) is 0 Å². The van der Waals surface area contributed by atoms with Gasteiger partial charge in [-0.2, -0.15) is 0 Å². The van der Waals surface area contributed by atoms with Gasteiger partial charge in [-0.1, -0.05) is 45.9 Å². The predicted molar refractivity (Wildman–Crippen MR) is 84.3 cm³/mol. The molecule has 108 valence electrons. The summed E-state index contributed by atoms with van der Waals surface area (Å²) in [6, 6.07) is 6.84. The summed E-state index contributed by atoms with van der Waals surface area (Å²) in [4.78, 5) is 0. The summed E-state index contributed by atoms with van der Waals surface area (Å²) in [6.45, 7) is 12.6. The monoisotopic (exact) mass is 262 g/mol. The third kappa shape index (κ3) is 4.32. The molecule has 0 aliphatic heterocycles. The summed E-state index contributed by atoms with van der Waals surface area (Å²) in [5.74, 6) is 0.946. The van der Waals surface area contributed by atoms with Crippen LogP contribution in [-0.4, -0.2) is 13.1 Å². The Hall–Kier alpha value is -0.860. The van der Waals surface area contributed by atoms with Crippen molar-refractivity contribution in [3.8, 4) is 0 Å². The molecule has 19 heavy (non-hydrogen) atoms. The molecule has 1 aromatic rings. The summed E-state index contributed by atoms with van der Waals surface area (Å²) < 4.78 is 0. The van der Waals surface area contributed by atoms with Gasteiger partial charge >= 0.3 is 0 Å². The highest BCUT2D eigenvalue weighted by molar-refractivity contribution is 5.34. The minimum atomic E-state index is 0.201. The molecule has 1 rings (SSSR count). The highest BCUT2D eigenvalue weighted by atomic mass is 14.6. The molecule has 0 heterocycles. The van der Waals surface area contributed by atoms with Gasteiger partial charge in [-0.3, -0.25) is 0 Å². The van der Waals surface area contributed by atoms with Crippen LogP contribution in [0.15, 0.2) is 18.2 Å². The zero-order chi connectivity index (χ0) is 14.6. The molecule has 2 heteroatoms. The highest BCUT2D eigenvalue weighted by Gasteiger charge is 2.18. The van der Waals surface area contributed by atoms with E-state index in [2.05, 4.69) is 52.8 Å². The third-order valence-corrected chi connectivity index (χ3v) is 4.17. The van der Waals surface area contributed by atoms with Gasteiger partial charge in [0.1, 0.15) is 0 Å². The Bertz CT molecular complexity index is 400. The molecule has 0 fully saturated rings. The molecule has 1 aromatic carbocycles. The van der Waals surface area contributed by atoms with Crippen molar-refractivity contribution in [1.29, 1.82) is 0 Å². The fourth-order valence-corrected chi connectivity index (χ4v) is 2.43. The van der Waals surface area contributed by atoms with Crippen LogP contribution in [0.25, 0.3) is 0 Å². The van der Waals surface area contributed by atoms with Gasteiger partial charge in [-0.05, 0) is 60.4 Å². The molecular formula is C17H30N2. The van der Waals surface area contributed by atoms with Gasteiger partial charge in [0.05, 0.1) is 0 Å². The molecular weight excluding hydrogens is 232 g/mol. The fraction of sp³-hybridized carbons (Fsp3) is 0.647. The lowest BCUT2D eigenvalue weighted by atomic mass is 9.82. The van der Waals surface area contributed by atoms with E-state index in [1.165, 1.54) is 16.7 Å². The summed E-state index contributed by atoms with van der Waals surface area (Å²) >= 11 is 0. The zero-order valence-corrected chi connectivity index (χ0v) is 13.2. The molecule has 1 atom stereocenters. The number of benzene rings is 1. The number of rotatable bonds is 5. The SMILES string of the molecule is Cc1ccc(C(C)(C)C)cc1CC(C)C(CN)CN. The lowest BCUT2D eigenvalue weighted by Gasteiger charge is -2.24. The summed E-state index contributed by atoms with van der Waals surface area (Å²) in [6.07, 6.45) is 1.06. The first-order valence-electron chi connectivity index (χ1n) is 7.29. The van der Waals surface area contributed by atoms with E-state index >= 15 is 0 Å². The Balaban J connectivity index is 2.94.